The van der Waals surface area contributed by atoms with Gasteiger partial charge >= 0.3 is 0 Å². The average Bonchev–Trinajstić information content (AvgIpc) is 3.38. The van der Waals surface area contributed by atoms with E-state index in [-0.39, 0.29) is 11.9 Å². The number of likely N-dealkylation sites (tertiary alicyclic amines) is 1. The van der Waals surface area contributed by atoms with Gasteiger partial charge in [-0.05, 0) is 62.4 Å². The molecule has 1 aromatic heterocycles. The normalized spacial score (nSPS) is 16.3. The third kappa shape index (κ3) is 4.35. The lowest BCUT2D eigenvalue weighted by Gasteiger charge is -2.25. The number of hydrogen-bond acceptors (Lipinski definition) is 3. The molecule has 0 unspecified atom stereocenters. The summed E-state index contributed by atoms with van der Waals surface area (Å²) < 4.78 is 8.24. The van der Waals surface area contributed by atoms with Crippen LogP contribution < -0.4 is 4.74 Å². The van der Waals surface area contributed by atoms with Gasteiger partial charge < -0.3 is 14.2 Å². The molecule has 0 spiro atoms. The summed E-state index contributed by atoms with van der Waals surface area (Å²) in [7, 11) is 0. The van der Waals surface area contributed by atoms with Crippen molar-refractivity contribution in [3.05, 3.63) is 59.9 Å². The first-order valence-corrected chi connectivity index (χ1v) is 11.1. The molecule has 0 saturated carbocycles. The van der Waals surface area contributed by atoms with E-state index < -0.39 is 0 Å². The molecule has 1 aliphatic heterocycles. The number of carbonyl (C=O) groups is 1. The van der Waals surface area contributed by atoms with Gasteiger partial charge in [0.1, 0.15) is 11.6 Å². The van der Waals surface area contributed by atoms with Crippen molar-refractivity contribution >= 4 is 16.9 Å². The number of carbonyl (C=O) groups excluding carboxylic acids is 1. The molecule has 0 radical (unpaired) electrons. The van der Waals surface area contributed by atoms with Crippen LogP contribution >= 0.6 is 0 Å². The molecular weight excluding hydrogens is 374 g/mol. The predicted octanol–water partition coefficient (Wildman–Crippen LogP) is 5.28. The van der Waals surface area contributed by atoms with Crippen LogP contribution in [0.15, 0.2) is 48.5 Å². The molecule has 1 fully saturated rings. The van der Waals surface area contributed by atoms with Crippen molar-refractivity contribution < 1.29 is 9.53 Å². The first-order chi connectivity index (χ1) is 14.7. The first kappa shape index (κ1) is 20.5. The van der Waals surface area contributed by atoms with Gasteiger partial charge in [0, 0.05) is 19.5 Å². The van der Waals surface area contributed by atoms with Gasteiger partial charge in [0.15, 0.2) is 0 Å². The van der Waals surface area contributed by atoms with Crippen molar-refractivity contribution in [2.45, 2.75) is 58.5 Å². The molecule has 2 heterocycles. The third-order valence-electron chi connectivity index (χ3n) is 5.89. The largest absolute Gasteiger partial charge is 0.494 e. The van der Waals surface area contributed by atoms with Crippen LogP contribution in [0, 0.1) is 6.92 Å². The number of ether oxygens (including phenoxy) is 1. The van der Waals surface area contributed by atoms with Crippen LogP contribution in [0.3, 0.4) is 0 Å². The van der Waals surface area contributed by atoms with Gasteiger partial charge in [-0.3, -0.25) is 4.79 Å². The summed E-state index contributed by atoms with van der Waals surface area (Å²) in [6.45, 7) is 6.45. The molecule has 158 valence electrons. The Kier molecular flexibility index (Phi) is 6.36. The lowest BCUT2D eigenvalue weighted by atomic mass is 10.2. The minimum Gasteiger partial charge on any atom is -0.494 e. The molecule has 30 heavy (non-hydrogen) atoms. The Hall–Kier alpha value is -2.82. The van der Waals surface area contributed by atoms with Crippen molar-refractivity contribution in [1.82, 2.24) is 14.5 Å². The van der Waals surface area contributed by atoms with Crippen molar-refractivity contribution in [2.24, 2.45) is 0 Å². The van der Waals surface area contributed by atoms with E-state index in [0.717, 1.165) is 61.4 Å². The van der Waals surface area contributed by atoms with E-state index in [9.17, 15) is 4.79 Å². The van der Waals surface area contributed by atoms with E-state index >= 15 is 0 Å². The second kappa shape index (κ2) is 9.33. The Bertz CT molecular complexity index is 1010. The summed E-state index contributed by atoms with van der Waals surface area (Å²) in [6, 6.07) is 16.6. The summed E-state index contributed by atoms with van der Waals surface area (Å²) in [6.07, 6.45) is 4.57. The van der Waals surface area contributed by atoms with Crippen LogP contribution in [0.1, 0.15) is 56.5 Å². The van der Waals surface area contributed by atoms with Gasteiger partial charge in [0.25, 0.3) is 0 Å². The van der Waals surface area contributed by atoms with Crippen molar-refractivity contribution in [3.8, 4) is 5.75 Å². The lowest BCUT2D eigenvalue weighted by molar-refractivity contribution is -0.131. The molecule has 0 aliphatic carbocycles. The van der Waals surface area contributed by atoms with Crippen LogP contribution in [0.25, 0.3) is 11.0 Å². The minimum absolute atomic E-state index is 0.0911. The second-order valence-electron chi connectivity index (χ2n) is 8.08. The Morgan fingerprint density at radius 3 is 2.87 bits per heavy atom. The predicted molar refractivity (Wildman–Crippen MR) is 120 cm³/mol. The number of amides is 1. The SMILES string of the molecule is CCC(=O)N1CCC[C@H]1c1nc2ccccc2n1CCCCOc1cccc(C)c1. The van der Waals surface area contributed by atoms with Crippen molar-refractivity contribution in [1.29, 1.82) is 0 Å². The summed E-state index contributed by atoms with van der Waals surface area (Å²) in [5.41, 5.74) is 3.38. The number of imidazole rings is 1. The van der Waals surface area contributed by atoms with Gasteiger partial charge in [0.05, 0.1) is 23.7 Å². The van der Waals surface area contributed by atoms with E-state index in [1.54, 1.807) is 0 Å². The highest BCUT2D eigenvalue weighted by atomic mass is 16.5. The smallest absolute Gasteiger partial charge is 0.222 e. The van der Waals surface area contributed by atoms with E-state index in [1.807, 2.05) is 30.0 Å². The van der Waals surface area contributed by atoms with Crippen LogP contribution in [-0.2, 0) is 11.3 Å². The maximum atomic E-state index is 12.5. The second-order valence-corrected chi connectivity index (χ2v) is 8.08. The Balaban J connectivity index is 1.46. The fourth-order valence-corrected chi connectivity index (χ4v) is 4.39. The van der Waals surface area contributed by atoms with Crippen LogP contribution in [0.5, 0.6) is 5.75 Å². The van der Waals surface area contributed by atoms with E-state index in [4.69, 9.17) is 9.72 Å². The number of aryl methyl sites for hydroxylation is 2. The number of nitrogens with zero attached hydrogens (tertiary/aromatic N) is 3. The fourth-order valence-electron chi connectivity index (χ4n) is 4.39. The number of rotatable bonds is 8. The topological polar surface area (TPSA) is 47.4 Å². The summed E-state index contributed by atoms with van der Waals surface area (Å²) in [5.74, 6) is 2.20. The zero-order valence-electron chi connectivity index (χ0n) is 18.0. The number of unbranched alkanes of at least 4 members (excludes halogenated alkanes) is 1. The lowest BCUT2D eigenvalue weighted by Crippen LogP contribution is -2.31. The van der Waals surface area contributed by atoms with Crippen LogP contribution in [-0.4, -0.2) is 33.5 Å². The van der Waals surface area contributed by atoms with E-state index in [0.29, 0.717) is 13.0 Å². The molecule has 4 rings (SSSR count). The van der Waals surface area contributed by atoms with Gasteiger partial charge in [-0.15, -0.1) is 0 Å². The Morgan fingerprint density at radius 1 is 1.17 bits per heavy atom. The van der Waals surface area contributed by atoms with Gasteiger partial charge in [-0.2, -0.15) is 0 Å². The monoisotopic (exact) mass is 405 g/mol. The van der Waals surface area contributed by atoms with Gasteiger partial charge in [-0.1, -0.05) is 31.2 Å². The molecule has 1 saturated heterocycles. The van der Waals surface area contributed by atoms with Gasteiger partial charge in [0.2, 0.25) is 5.91 Å². The number of benzene rings is 2. The molecule has 0 N–H and O–H groups in total. The fraction of sp³-hybridized carbons (Fsp3) is 0.440. The quantitative estimate of drug-likeness (QED) is 0.479. The van der Waals surface area contributed by atoms with Crippen LogP contribution in [0.2, 0.25) is 0 Å². The highest BCUT2D eigenvalue weighted by molar-refractivity contribution is 5.78. The minimum atomic E-state index is 0.0911. The van der Waals surface area contributed by atoms with E-state index in [2.05, 4.69) is 41.8 Å². The number of aromatic nitrogens is 2. The zero-order valence-corrected chi connectivity index (χ0v) is 18.0. The van der Waals surface area contributed by atoms with Gasteiger partial charge in [-0.25, -0.2) is 4.98 Å². The zero-order chi connectivity index (χ0) is 20.9. The Labute approximate surface area is 178 Å². The molecule has 1 aliphatic rings. The van der Waals surface area contributed by atoms with Crippen LogP contribution in [0.4, 0.5) is 0 Å². The highest BCUT2D eigenvalue weighted by Crippen LogP contribution is 2.34. The first-order valence-electron chi connectivity index (χ1n) is 11.1. The molecule has 5 heteroatoms. The Morgan fingerprint density at radius 2 is 2.03 bits per heavy atom. The summed E-state index contributed by atoms with van der Waals surface area (Å²) in [4.78, 5) is 19.4. The average molecular weight is 406 g/mol. The molecule has 0 bridgehead atoms. The summed E-state index contributed by atoms with van der Waals surface area (Å²) in [5, 5.41) is 0. The number of fused-ring (bicyclic) bond motifs is 1. The van der Waals surface area contributed by atoms with Crippen molar-refractivity contribution in [2.75, 3.05) is 13.2 Å². The maximum Gasteiger partial charge on any atom is 0.222 e. The molecule has 1 atom stereocenters. The number of hydrogen-bond donors (Lipinski definition) is 0. The summed E-state index contributed by atoms with van der Waals surface area (Å²) >= 11 is 0. The molecule has 3 aromatic rings. The molecular formula is C25H31N3O2. The maximum absolute atomic E-state index is 12.5. The number of para-hydroxylation sites is 2. The third-order valence-corrected chi connectivity index (χ3v) is 5.89. The molecule has 1 amide bonds. The standard InChI is InChI=1S/C25H31N3O2/c1-3-24(29)27-16-9-14-23(27)25-26-21-12-4-5-13-22(21)28(25)15-6-7-17-30-20-11-8-10-19(2)18-20/h4-5,8,10-13,18,23H,3,6-7,9,14-17H2,1-2H3/t23-/m0/s1. The highest BCUT2D eigenvalue weighted by Gasteiger charge is 2.32. The molecule has 2 aromatic carbocycles. The van der Waals surface area contributed by atoms with Crippen molar-refractivity contribution in [3.63, 3.8) is 0 Å². The van der Waals surface area contributed by atoms with E-state index in [1.165, 1.54) is 5.56 Å². The molecule has 5 nitrogen and oxygen atoms in total.